The Labute approximate surface area is 116 Å². The van der Waals surface area contributed by atoms with Crippen LogP contribution in [0.3, 0.4) is 0 Å². The second-order valence-electron chi connectivity index (χ2n) is 3.99. The van der Waals surface area contributed by atoms with Crippen molar-refractivity contribution < 1.29 is 24.5 Å². The van der Waals surface area contributed by atoms with E-state index in [1.165, 1.54) is 0 Å². The monoisotopic (exact) mass is 274 g/mol. The van der Waals surface area contributed by atoms with Gasteiger partial charge in [0.25, 0.3) is 0 Å². The summed E-state index contributed by atoms with van der Waals surface area (Å²) in [6.45, 7) is -0.306. The van der Waals surface area contributed by atoms with Gasteiger partial charge in [0.1, 0.15) is 6.61 Å². The van der Waals surface area contributed by atoms with Gasteiger partial charge < -0.3 is 19.7 Å². The van der Waals surface area contributed by atoms with Crippen molar-refractivity contribution in [1.82, 2.24) is 0 Å². The topological polar surface area (TPSA) is 76.0 Å². The third kappa shape index (κ3) is 3.81. The first-order valence-electron chi connectivity index (χ1n) is 6.02. The number of carbonyl (C=O) groups is 1. The number of rotatable bonds is 5. The van der Waals surface area contributed by atoms with E-state index in [2.05, 4.69) is 0 Å². The van der Waals surface area contributed by atoms with E-state index in [1.807, 2.05) is 0 Å². The number of ether oxygens (including phenoxy) is 2. The highest BCUT2D eigenvalue weighted by Gasteiger charge is 2.12. The first-order chi connectivity index (χ1) is 9.66. The molecule has 2 aromatic carbocycles. The lowest BCUT2D eigenvalue weighted by Gasteiger charge is -2.12. The Morgan fingerprint density at radius 1 is 0.950 bits per heavy atom. The lowest BCUT2D eigenvalue weighted by atomic mass is 10.2. The number of hydrogen-bond donors (Lipinski definition) is 2. The highest BCUT2D eigenvalue weighted by Crippen LogP contribution is 2.27. The van der Waals surface area contributed by atoms with Gasteiger partial charge in [0.05, 0.1) is 5.56 Å². The van der Waals surface area contributed by atoms with Crippen LogP contribution in [0.5, 0.6) is 11.5 Å². The minimum atomic E-state index is -1.59. The SMILES string of the molecule is O=C(Oc1ccccc1OCC(O)O)c1ccccc1. The normalized spacial score (nSPS) is 10.3. The van der Waals surface area contributed by atoms with Crippen LogP contribution < -0.4 is 9.47 Å². The van der Waals surface area contributed by atoms with Crippen molar-refractivity contribution in [3.05, 3.63) is 60.2 Å². The zero-order chi connectivity index (χ0) is 14.4. The van der Waals surface area contributed by atoms with Crippen LogP contribution in [0, 0.1) is 0 Å². The quantitative estimate of drug-likeness (QED) is 0.492. The maximum absolute atomic E-state index is 11.9. The number of aliphatic hydroxyl groups excluding tert-OH is 1. The van der Waals surface area contributed by atoms with Crippen molar-refractivity contribution >= 4 is 5.97 Å². The second-order valence-corrected chi connectivity index (χ2v) is 3.99. The standard InChI is InChI=1S/C15H14O5/c16-14(17)10-19-12-8-4-5-9-13(12)20-15(18)11-6-2-1-3-7-11/h1-9,14,16-17H,10H2. The zero-order valence-electron chi connectivity index (χ0n) is 10.6. The first kappa shape index (κ1) is 14.0. The Morgan fingerprint density at radius 2 is 1.55 bits per heavy atom. The summed E-state index contributed by atoms with van der Waals surface area (Å²) >= 11 is 0. The molecule has 5 heteroatoms. The van der Waals surface area contributed by atoms with Gasteiger partial charge in [-0.15, -0.1) is 0 Å². The van der Waals surface area contributed by atoms with Crippen LogP contribution in [-0.4, -0.2) is 29.1 Å². The van der Waals surface area contributed by atoms with Crippen LogP contribution in [0.15, 0.2) is 54.6 Å². The van der Waals surface area contributed by atoms with Crippen molar-refractivity contribution in [3.63, 3.8) is 0 Å². The highest BCUT2D eigenvalue weighted by molar-refractivity contribution is 5.91. The number of para-hydroxylation sites is 2. The molecule has 0 aliphatic heterocycles. The Hall–Kier alpha value is -2.37. The zero-order valence-corrected chi connectivity index (χ0v) is 10.6. The molecule has 0 aliphatic rings. The van der Waals surface area contributed by atoms with Crippen molar-refractivity contribution in [2.24, 2.45) is 0 Å². The molecule has 0 aliphatic carbocycles. The third-order valence-electron chi connectivity index (χ3n) is 2.45. The summed E-state index contributed by atoms with van der Waals surface area (Å²) in [6, 6.07) is 15.1. The lowest BCUT2D eigenvalue weighted by Crippen LogP contribution is -2.17. The molecule has 5 nitrogen and oxygen atoms in total. The molecule has 0 heterocycles. The summed E-state index contributed by atoms with van der Waals surface area (Å²) in [5.74, 6) is -0.0157. The van der Waals surface area contributed by atoms with Gasteiger partial charge in [-0.25, -0.2) is 4.79 Å². The van der Waals surface area contributed by atoms with Gasteiger partial charge in [0.2, 0.25) is 0 Å². The number of benzene rings is 2. The van der Waals surface area contributed by atoms with Gasteiger partial charge in [0, 0.05) is 0 Å². The maximum Gasteiger partial charge on any atom is 0.343 e. The minimum absolute atomic E-state index is 0.224. The van der Waals surface area contributed by atoms with E-state index in [-0.39, 0.29) is 18.1 Å². The fraction of sp³-hybridized carbons (Fsp3) is 0.133. The molecule has 0 fully saturated rings. The summed E-state index contributed by atoms with van der Waals surface area (Å²) in [5, 5.41) is 17.6. The number of aliphatic hydroxyl groups is 2. The molecule has 0 bridgehead atoms. The Kier molecular flexibility index (Phi) is 4.70. The summed E-state index contributed by atoms with van der Waals surface area (Å²) in [7, 11) is 0. The molecule has 0 amide bonds. The second kappa shape index (κ2) is 6.70. The molecule has 2 aromatic rings. The molecule has 0 radical (unpaired) electrons. The van der Waals surface area contributed by atoms with Crippen LogP contribution in [0.25, 0.3) is 0 Å². The molecule has 0 atom stereocenters. The fourth-order valence-corrected chi connectivity index (χ4v) is 1.55. The maximum atomic E-state index is 11.9. The molecular weight excluding hydrogens is 260 g/mol. The molecule has 0 aromatic heterocycles. The predicted molar refractivity (Wildman–Crippen MR) is 71.6 cm³/mol. The molecule has 20 heavy (non-hydrogen) atoms. The van der Waals surface area contributed by atoms with Crippen LogP contribution in [-0.2, 0) is 0 Å². The minimum Gasteiger partial charge on any atom is -0.484 e. The van der Waals surface area contributed by atoms with E-state index in [9.17, 15) is 4.79 Å². The van der Waals surface area contributed by atoms with E-state index in [4.69, 9.17) is 19.7 Å². The summed E-state index contributed by atoms with van der Waals surface area (Å²) < 4.78 is 10.4. The van der Waals surface area contributed by atoms with E-state index in [1.54, 1.807) is 54.6 Å². The fourth-order valence-electron chi connectivity index (χ4n) is 1.55. The van der Waals surface area contributed by atoms with Gasteiger partial charge in [-0.3, -0.25) is 0 Å². The van der Waals surface area contributed by atoms with Gasteiger partial charge in [-0.2, -0.15) is 0 Å². The third-order valence-corrected chi connectivity index (χ3v) is 2.45. The first-order valence-corrected chi connectivity index (χ1v) is 6.02. The molecule has 0 unspecified atom stereocenters. The van der Waals surface area contributed by atoms with E-state index >= 15 is 0 Å². The lowest BCUT2D eigenvalue weighted by molar-refractivity contribution is -0.0683. The van der Waals surface area contributed by atoms with E-state index in [0.29, 0.717) is 5.56 Å². The summed E-state index contributed by atoms with van der Waals surface area (Å²) in [5.41, 5.74) is 0.421. The van der Waals surface area contributed by atoms with Gasteiger partial charge in [-0.05, 0) is 24.3 Å². The Balaban J connectivity index is 2.11. The molecule has 2 N–H and O–H groups in total. The predicted octanol–water partition coefficient (Wildman–Crippen LogP) is 1.60. The van der Waals surface area contributed by atoms with Crippen molar-refractivity contribution in [2.75, 3.05) is 6.61 Å². The van der Waals surface area contributed by atoms with E-state index < -0.39 is 12.3 Å². The highest BCUT2D eigenvalue weighted by atomic mass is 16.6. The van der Waals surface area contributed by atoms with Crippen molar-refractivity contribution in [3.8, 4) is 11.5 Å². The molecule has 0 spiro atoms. The molecule has 0 saturated heterocycles. The molecule has 2 rings (SSSR count). The molecule has 104 valence electrons. The van der Waals surface area contributed by atoms with Gasteiger partial charge in [-0.1, -0.05) is 30.3 Å². The van der Waals surface area contributed by atoms with Crippen molar-refractivity contribution in [1.29, 1.82) is 0 Å². The number of carbonyl (C=O) groups excluding carboxylic acids is 1. The van der Waals surface area contributed by atoms with Crippen LogP contribution in [0.4, 0.5) is 0 Å². The van der Waals surface area contributed by atoms with Gasteiger partial charge >= 0.3 is 5.97 Å². The summed E-state index contributed by atoms with van der Waals surface area (Å²) in [4.78, 5) is 11.9. The smallest absolute Gasteiger partial charge is 0.343 e. The Bertz CT molecular complexity index is 565. The Morgan fingerprint density at radius 3 is 2.20 bits per heavy atom. The average molecular weight is 274 g/mol. The molecule has 0 saturated carbocycles. The van der Waals surface area contributed by atoms with Crippen LogP contribution >= 0.6 is 0 Å². The van der Waals surface area contributed by atoms with Gasteiger partial charge in [0.15, 0.2) is 17.8 Å². The van der Waals surface area contributed by atoms with Crippen molar-refractivity contribution in [2.45, 2.75) is 6.29 Å². The van der Waals surface area contributed by atoms with Crippen LogP contribution in [0.2, 0.25) is 0 Å². The average Bonchev–Trinajstić information content (AvgIpc) is 2.47. The summed E-state index contributed by atoms with van der Waals surface area (Å²) in [6.07, 6.45) is -1.59. The van der Waals surface area contributed by atoms with Crippen LogP contribution in [0.1, 0.15) is 10.4 Å². The molecular formula is C15H14O5. The number of hydrogen-bond acceptors (Lipinski definition) is 5. The number of esters is 1. The largest absolute Gasteiger partial charge is 0.484 e. The van der Waals surface area contributed by atoms with E-state index in [0.717, 1.165) is 0 Å².